The molecule has 2 aromatic heterocycles. The van der Waals surface area contributed by atoms with Crippen LogP contribution in [-0.4, -0.2) is 31.3 Å². The molecule has 8 heteroatoms. The largest absolute Gasteiger partial charge is 0.481 e. The fraction of sp³-hybridized carbons (Fsp3) is 0.400. The monoisotopic (exact) mass is 330 g/mol. The molecule has 6 nitrogen and oxygen atoms in total. The van der Waals surface area contributed by atoms with Crippen LogP contribution in [-0.2, 0) is 11.3 Å². The van der Waals surface area contributed by atoms with E-state index >= 15 is 0 Å². The molecule has 0 saturated heterocycles. The van der Waals surface area contributed by atoms with Crippen molar-refractivity contribution < 1.29 is 9.90 Å². The molecule has 0 bridgehead atoms. The Morgan fingerprint density at radius 1 is 1.67 bits per heavy atom. The molecule has 0 aliphatic rings. The second-order valence-electron chi connectivity index (χ2n) is 3.85. The summed E-state index contributed by atoms with van der Waals surface area (Å²) >= 11 is 4.97. The molecule has 18 heavy (non-hydrogen) atoms. The summed E-state index contributed by atoms with van der Waals surface area (Å²) in [5.74, 6) is -0.551. The first-order valence-corrected chi connectivity index (χ1v) is 6.99. The predicted octanol–water partition coefficient (Wildman–Crippen LogP) is 2.27. The minimum Gasteiger partial charge on any atom is -0.481 e. The van der Waals surface area contributed by atoms with Crippen molar-refractivity contribution in [3.05, 3.63) is 15.9 Å². The van der Waals surface area contributed by atoms with Crippen LogP contribution in [0.4, 0.5) is 0 Å². The Kier molecular flexibility index (Phi) is 4.07. The molecule has 0 saturated carbocycles. The number of halogens is 1. The lowest BCUT2D eigenvalue weighted by Crippen LogP contribution is -2.13. The van der Waals surface area contributed by atoms with Gasteiger partial charge in [-0.15, -0.1) is 16.4 Å². The predicted molar refractivity (Wildman–Crippen MR) is 70.2 cm³/mol. The molecule has 0 radical (unpaired) electrons. The third-order valence-corrected chi connectivity index (χ3v) is 4.38. The zero-order valence-electron chi connectivity index (χ0n) is 9.58. The van der Waals surface area contributed by atoms with Crippen LogP contribution in [0, 0.1) is 5.92 Å². The van der Waals surface area contributed by atoms with Gasteiger partial charge in [-0.25, -0.2) is 4.68 Å². The molecule has 0 spiro atoms. The van der Waals surface area contributed by atoms with Crippen molar-refractivity contribution in [1.82, 2.24) is 20.2 Å². The number of hydrogen-bond acceptors (Lipinski definition) is 5. The second kappa shape index (κ2) is 5.57. The van der Waals surface area contributed by atoms with Crippen LogP contribution in [0.2, 0.25) is 0 Å². The van der Waals surface area contributed by atoms with Gasteiger partial charge in [0.25, 0.3) is 0 Å². The third-order valence-electron chi connectivity index (χ3n) is 2.55. The molecule has 0 aliphatic carbocycles. The van der Waals surface area contributed by atoms with Gasteiger partial charge < -0.3 is 5.11 Å². The Bertz CT molecular complexity index is 554. The number of aromatic nitrogens is 4. The maximum atomic E-state index is 10.8. The highest BCUT2D eigenvalue weighted by Crippen LogP contribution is 2.31. The van der Waals surface area contributed by atoms with Crippen molar-refractivity contribution in [3.63, 3.8) is 0 Å². The van der Waals surface area contributed by atoms with Crippen molar-refractivity contribution in [2.75, 3.05) is 0 Å². The van der Waals surface area contributed by atoms with Gasteiger partial charge in [-0.1, -0.05) is 6.92 Å². The third kappa shape index (κ3) is 2.75. The van der Waals surface area contributed by atoms with E-state index in [4.69, 9.17) is 5.11 Å². The van der Waals surface area contributed by atoms with Crippen LogP contribution < -0.4 is 0 Å². The zero-order valence-corrected chi connectivity index (χ0v) is 12.0. The van der Waals surface area contributed by atoms with Crippen LogP contribution in [0.5, 0.6) is 0 Å². The van der Waals surface area contributed by atoms with Crippen LogP contribution in [0.1, 0.15) is 13.3 Å². The van der Waals surface area contributed by atoms with Gasteiger partial charge in [-0.2, -0.15) is 0 Å². The summed E-state index contributed by atoms with van der Waals surface area (Å²) < 4.78 is 2.57. The number of thiophene rings is 1. The fourth-order valence-corrected chi connectivity index (χ4v) is 2.95. The standard InChI is InChI=1S/C10H11BrN4O2S/c1-6(10(16)17)2-4-15-9(12-13-14-15)8-7(11)3-5-18-8/h3,5-6H,2,4H2,1H3,(H,16,17). The summed E-state index contributed by atoms with van der Waals surface area (Å²) in [5.41, 5.74) is 0. The first-order valence-electron chi connectivity index (χ1n) is 5.32. The molecular weight excluding hydrogens is 320 g/mol. The molecule has 1 atom stereocenters. The Morgan fingerprint density at radius 3 is 3.06 bits per heavy atom. The summed E-state index contributed by atoms with van der Waals surface area (Å²) in [6, 6.07) is 1.93. The lowest BCUT2D eigenvalue weighted by atomic mass is 10.1. The Labute approximate surface area is 116 Å². The number of aliphatic carboxylic acids is 1. The van der Waals surface area contributed by atoms with Crippen LogP contribution in [0.3, 0.4) is 0 Å². The lowest BCUT2D eigenvalue weighted by molar-refractivity contribution is -0.141. The van der Waals surface area contributed by atoms with Gasteiger partial charge in [0.1, 0.15) is 0 Å². The molecule has 0 aliphatic heterocycles. The van der Waals surface area contributed by atoms with E-state index in [2.05, 4.69) is 31.5 Å². The Morgan fingerprint density at radius 2 is 2.44 bits per heavy atom. The van der Waals surface area contributed by atoms with Gasteiger partial charge in [0, 0.05) is 11.0 Å². The number of hydrogen-bond donors (Lipinski definition) is 1. The number of carboxylic acids is 1. The van der Waals surface area contributed by atoms with E-state index in [1.165, 1.54) is 11.3 Å². The number of tetrazole rings is 1. The summed E-state index contributed by atoms with van der Waals surface area (Å²) in [6.45, 7) is 2.16. The average Bonchev–Trinajstić information content (AvgIpc) is 2.93. The Hall–Kier alpha value is -1.28. The van der Waals surface area contributed by atoms with Gasteiger partial charge in [0.05, 0.1) is 10.8 Å². The van der Waals surface area contributed by atoms with E-state index in [0.29, 0.717) is 18.8 Å². The van der Waals surface area contributed by atoms with E-state index in [1.54, 1.807) is 11.6 Å². The summed E-state index contributed by atoms with van der Waals surface area (Å²) in [4.78, 5) is 11.7. The summed E-state index contributed by atoms with van der Waals surface area (Å²) in [7, 11) is 0. The van der Waals surface area contributed by atoms with Crippen LogP contribution in [0.15, 0.2) is 15.9 Å². The first-order chi connectivity index (χ1) is 8.59. The second-order valence-corrected chi connectivity index (χ2v) is 5.62. The molecule has 0 aromatic carbocycles. The van der Waals surface area contributed by atoms with Gasteiger partial charge in [0.15, 0.2) is 5.82 Å². The van der Waals surface area contributed by atoms with Gasteiger partial charge >= 0.3 is 5.97 Å². The molecule has 2 aromatic rings. The highest BCUT2D eigenvalue weighted by molar-refractivity contribution is 9.10. The van der Waals surface area contributed by atoms with Crippen LogP contribution in [0.25, 0.3) is 10.7 Å². The van der Waals surface area contributed by atoms with E-state index in [9.17, 15) is 4.79 Å². The van der Waals surface area contributed by atoms with Crippen molar-refractivity contribution in [1.29, 1.82) is 0 Å². The van der Waals surface area contributed by atoms with E-state index in [0.717, 1.165) is 9.35 Å². The van der Waals surface area contributed by atoms with Crippen molar-refractivity contribution in [2.24, 2.45) is 5.92 Å². The summed E-state index contributed by atoms with van der Waals surface area (Å²) in [6.07, 6.45) is 0.496. The minimum atomic E-state index is -0.804. The number of carboxylic acid groups (broad SMARTS) is 1. The molecule has 2 heterocycles. The average molecular weight is 331 g/mol. The lowest BCUT2D eigenvalue weighted by Gasteiger charge is -2.06. The molecule has 1 unspecified atom stereocenters. The van der Waals surface area contributed by atoms with Gasteiger partial charge in [0.2, 0.25) is 0 Å². The number of aryl methyl sites for hydroxylation is 1. The highest BCUT2D eigenvalue weighted by atomic mass is 79.9. The van der Waals surface area contributed by atoms with E-state index in [-0.39, 0.29) is 0 Å². The number of rotatable bonds is 5. The van der Waals surface area contributed by atoms with Crippen molar-refractivity contribution in [2.45, 2.75) is 19.9 Å². The first kappa shape index (κ1) is 13.2. The van der Waals surface area contributed by atoms with Gasteiger partial charge in [-0.3, -0.25) is 4.79 Å². The smallest absolute Gasteiger partial charge is 0.306 e. The molecular formula is C10H11BrN4O2S. The normalized spacial score (nSPS) is 12.6. The fourth-order valence-electron chi connectivity index (χ4n) is 1.41. The maximum Gasteiger partial charge on any atom is 0.306 e. The highest BCUT2D eigenvalue weighted by Gasteiger charge is 2.16. The quantitative estimate of drug-likeness (QED) is 0.909. The maximum absolute atomic E-state index is 10.8. The molecule has 0 amide bonds. The summed E-state index contributed by atoms with van der Waals surface area (Å²) in [5, 5.41) is 22.3. The molecule has 96 valence electrons. The van der Waals surface area contributed by atoms with Crippen LogP contribution >= 0.6 is 27.3 Å². The molecule has 1 N–H and O–H groups in total. The minimum absolute atomic E-state index is 0.408. The SMILES string of the molecule is CC(CCn1nnnc1-c1sccc1Br)C(=O)O. The number of carbonyl (C=O) groups is 1. The van der Waals surface area contributed by atoms with E-state index < -0.39 is 11.9 Å². The Balaban J connectivity index is 2.14. The topological polar surface area (TPSA) is 80.9 Å². The molecule has 2 rings (SSSR count). The zero-order chi connectivity index (χ0) is 13.1. The van der Waals surface area contributed by atoms with Crippen molar-refractivity contribution >= 4 is 33.2 Å². The number of nitrogens with zero attached hydrogens (tertiary/aromatic N) is 4. The van der Waals surface area contributed by atoms with E-state index in [1.807, 2.05) is 11.4 Å². The van der Waals surface area contributed by atoms with Crippen molar-refractivity contribution in [3.8, 4) is 10.7 Å². The molecule has 0 fully saturated rings. The van der Waals surface area contributed by atoms with Gasteiger partial charge in [-0.05, 0) is 44.2 Å².